The topological polar surface area (TPSA) is 24.5 Å². The van der Waals surface area contributed by atoms with Crippen LogP contribution in [-0.4, -0.2) is 32.8 Å². The van der Waals surface area contributed by atoms with Gasteiger partial charge < -0.3 is 15.0 Å². The van der Waals surface area contributed by atoms with Gasteiger partial charge in [0.1, 0.15) is 5.75 Å². The van der Waals surface area contributed by atoms with E-state index in [0.717, 1.165) is 24.5 Å². The van der Waals surface area contributed by atoms with Crippen molar-refractivity contribution in [3.8, 4) is 5.75 Å². The molecule has 0 aliphatic heterocycles. The maximum atomic E-state index is 5.44. The van der Waals surface area contributed by atoms with Crippen molar-refractivity contribution >= 4 is 5.69 Å². The number of ether oxygens (including phenoxy) is 1. The lowest BCUT2D eigenvalue weighted by Gasteiger charge is -2.35. The summed E-state index contributed by atoms with van der Waals surface area (Å²) in [5.41, 5.74) is 1.47. The second-order valence-electron chi connectivity index (χ2n) is 7.30. The van der Waals surface area contributed by atoms with Gasteiger partial charge in [-0.2, -0.15) is 0 Å². The number of para-hydroxylation sites is 2. The van der Waals surface area contributed by atoms with E-state index in [-0.39, 0.29) is 11.0 Å². The molecule has 1 aromatic rings. The number of hydrogen-bond donors (Lipinski definition) is 1. The molecule has 0 saturated carbocycles. The van der Waals surface area contributed by atoms with Gasteiger partial charge in [-0.3, -0.25) is 0 Å². The fourth-order valence-electron chi connectivity index (χ4n) is 2.23. The fraction of sp³-hybridized carbons (Fsp3) is 0.647. The minimum atomic E-state index is 0.153. The van der Waals surface area contributed by atoms with E-state index >= 15 is 0 Å². The molecular formula is C17H30N2O. The van der Waals surface area contributed by atoms with Crippen molar-refractivity contribution in [1.29, 1.82) is 0 Å². The van der Waals surface area contributed by atoms with Crippen molar-refractivity contribution in [3.05, 3.63) is 24.3 Å². The number of benzene rings is 1. The van der Waals surface area contributed by atoms with Crippen LogP contribution < -0.4 is 15.0 Å². The summed E-state index contributed by atoms with van der Waals surface area (Å²) in [6.07, 6.45) is 0. The van der Waals surface area contributed by atoms with E-state index in [1.165, 1.54) is 0 Å². The molecule has 0 aromatic heterocycles. The van der Waals surface area contributed by atoms with Crippen molar-refractivity contribution in [1.82, 2.24) is 5.32 Å². The maximum Gasteiger partial charge on any atom is 0.142 e. The van der Waals surface area contributed by atoms with E-state index in [1.807, 2.05) is 12.1 Å². The molecule has 0 fully saturated rings. The Morgan fingerprint density at radius 2 is 1.70 bits per heavy atom. The first-order valence-electron chi connectivity index (χ1n) is 7.24. The molecule has 3 heteroatoms. The quantitative estimate of drug-likeness (QED) is 0.861. The molecule has 0 unspecified atom stereocenters. The summed E-state index contributed by atoms with van der Waals surface area (Å²) in [5, 5.41) is 3.59. The Bertz CT molecular complexity index is 421. The molecule has 1 rings (SSSR count). The zero-order valence-corrected chi connectivity index (χ0v) is 14.1. The third kappa shape index (κ3) is 5.41. The van der Waals surface area contributed by atoms with Crippen molar-refractivity contribution in [2.75, 3.05) is 32.1 Å². The molecule has 20 heavy (non-hydrogen) atoms. The molecule has 0 bridgehead atoms. The standard InChI is InChI=1S/C17H30N2O/c1-16(2,3)18-12-17(4,5)13-19(6)14-10-8-9-11-15(14)20-7/h8-11,18H,12-13H2,1-7H3. The first-order chi connectivity index (χ1) is 9.14. The number of methoxy groups -OCH3 is 1. The van der Waals surface area contributed by atoms with Gasteiger partial charge in [-0.05, 0) is 38.3 Å². The van der Waals surface area contributed by atoms with Crippen LogP contribution in [0.25, 0.3) is 0 Å². The predicted octanol–water partition coefficient (Wildman–Crippen LogP) is 3.55. The summed E-state index contributed by atoms with van der Waals surface area (Å²) in [5.74, 6) is 0.926. The molecule has 0 spiro atoms. The Labute approximate surface area is 124 Å². The van der Waals surface area contributed by atoms with Gasteiger partial charge in [-0.15, -0.1) is 0 Å². The Balaban J connectivity index is 2.71. The summed E-state index contributed by atoms with van der Waals surface area (Å²) < 4.78 is 5.44. The van der Waals surface area contributed by atoms with Crippen LogP contribution in [0.1, 0.15) is 34.6 Å². The zero-order chi connectivity index (χ0) is 15.4. The molecule has 0 saturated heterocycles. The maximum absolute atomic E-state index is 5.44. The van der Waals surface area contributed by atoms with Gasteiger partial charge in [0.25, 0.3) is 0 Å². The van der Waals surface area contributed by atoms with Crippen LogP contribution in [0.2, 0.25) is 0 Å². The van der Waals surface area contributed by atoms with Crippen LogP contribution in [0.5, 0.6) is 5.75 Å². The Morgan fingerprint density at radius 3 is 2.25 bits per heavy atom. The van der Waals surface area contributed by atoms with E-state index in [4.69, 9.17) is 4.74 Å². The molecule has 1 aromatic carbocycles. The molecule has 0 atom stereocenters. The van der Waals surface area contributed by atoms with Gasteiger partial charge in [0.2, 0.25) is 0 Å². The van der Waals surface area contributed by atoms with Crippen LogP contribution in [-0.2, 0) is 0 Å². The molecule has 3 nitrogen and oxygen atoms in total. The third-order valence-electron chi connectivity index (χ3n) is 3.26. The zero-order valence-electron chi connectivity index (χ0n) is 14.1. The summed E-state index contributed by atoms with van der Waals surface area (Å²) in [6.45, 7) is 13.1. The lowest BCUT2D eigenvalue weighted by atomic mass is 9.91. The van der Waals surface area contributed by atoms with E-state index in [0.29, 0.717) is 0 Å². The van der Waals surface area contributed by atoms with Gasteiger partial charge in [-0.1, -0.05) is 26.0 Å². The number of anilines is 1. The summed E-state index contributed by atoms with van der Waals surface area (Å²) in [7, 11) is 3.84. The van der Waals surface area contributed by atoms with Crippen LogP contribution >= 0.6 is 0 Å². The van der Waals surface area contributed by atoms with Crippen LogP contribution in [0.15, 0.2) is 24.3 Å². The minimum Gasteiger partial charge on any atom is -0.495 e. The summed E-state index contributed by atoms with van der Waals surface area (Å²) >= 11 is 0. The van der Waals surface area contributed by atoms with Gasteiger partial charge in [0.05, 0.1) is 12.8 Å². The first kappa shape index (κ1) is 16.8. The molecule has 114 valence electrons. The normalized spacial score (nSPS) is 12.3. The highest BCUT2D eigenvalue weighted by Gasteiger charge is 2.23. The van der Waals surface area contributed by atoms with E-state index in [9.17, 15) is 0 Å². The molecule has 0 aliphatic rings. The first-order valence-corrected chi connectivity index (χ1v) is 7.24. The SMILES string of the molecule is COc1ccccc1N(C)CC(C)(C)CNC(C)(C)C. The minimum absolute atomic E-state index is 0.153. The highest BCUT2D eigenvalue weighted by molar-refractivity contribution is 5.57. The van der Waals surface area contributed by atoms with E-state index in [2.05, 4.69) is 64.0 Å². The lowest BCUT2D eigenvalue weighted by Crippen LogP contribution is -2.45. The number of nitrogens with one attached hydrogen (secondary N) is 1. The van der Waals surface area contributed by atoms with Crippen molar-refractivity contribution in [3.63, 3.8) is 0 Å². The van der Waals surface area contributed by atoms with Crippen molar-refractivity contribution in [2.45, 2.75) is 40.2 Å². The van der Waals surface area contributed by atoms with Crippen LogP contribution in [0.3, 0.4) is 0 Å². The molecular weight excluding hydrogens is 248 g/mol. The average molecular weight is 278 g/mol. The number of nitrogens with zero attached hydrogens (tertiary/aromatic N) is 1. The van der Waals surface area contributed by atoms with Gasteiger partial charge in [0.15, 0.2) is 0 Å². The van der Waals surface area contributed by atoms with Gasteiger partial charge in [-0.25, -0.2) is 0 Å². The number of rotatable bonds is 6. The summed E-state index contributed by atoms with van der Waals surface area (Å²) in [4.78, 5) is 2.27. The third-order valence-corrected chi connectivity index (χ3v) is 3.26. The highest BCUT2D eigenvalue weighted by atomic mass is 16.5. The second kappa shape index (κ2) is 6.49. The molecule has 0 radical (unpaired) electrons. The van der Waals surface area contributed by atoms with Gasteiger partial charge in [0, 0.05) is 25.7 Å². The van der Waals surface area contributed by atoms with Crippen LogP contribution in [0.4, 0.5) is 5.69 Å². The van der Waals surface area contributed by atoms with E-state index < -0.39 is 0 Å². The molecule has 0 heterocycles. The van der Waals surface area contributed by atoms with Gasteiger partial charge >= 0.3 is 0 Å². The van der Waals surface area contributed by atoms with Crippen molar-refractivity contribution < 1.29 is 4.74 Å². The largest absolute Gasteiger partial charge is 0.495 e. The highest BCUT2D eigenvalue weighted by Crippen LogP contribution is 2.29. The Morgan fingerprint density at radius 1 is 1.10 bits per heavy atom. The lowest BCUT2D eigenvalue weighted by molar-refractivity contribution is 0.294. The summed E-state index contributed by atoms with van der Waals surface area (Å²) in [6, 6.07) is 8.16. The molecule has 1 N–H and O–H groups in total. The average Bonchev–Trinajstić information content (AvgIpc) is 2.35. The van der Waals surface area contributed by atoms with E-state index in [1.54, 1.807) is 7.11 Å². The second-order valence-corrected chi connectivity index (χ2v) is 7.30. The smallest absolute Gasteiger partial charge is 0.142 e. The fourth-order valence-corrected chi connectivity index (χ4v) is 2.23. The molecule has 0 aliphatic carbocycles. The van der Waals surface area contributed by atoms with Crippen molar-refractivity contribution in [2.24, 2.45) is 5.41 Å². The molecule has 0 amide bonds. The predicted molar refractivity (Wildman–Crippen MR) is 87.8 cm³/mol. The monoisotopic (exact) mass is 278 g/mol. The Kier molecular flexibility index (Phi) is 5.46. The van der Waals surface area contributed by atoms with Crippen LogP contribution in [0, 0.1) is 5.41 Å². The Hall–Kier alpha value is -1.22. The number of hydrogen-bond acceptors (Lipinski definition) is 3.